The predicted octanol–water partition coefficient (Wildman–Crippen LogP) is 2.01. The number of nitrogens with two attached hydrogens (primary N) is 1. The second kappa shape index (κ2) is 5.90. The van der Waals surface area contributed by atoms with Gasteiger partial charge in [0.15, 0.2) is 0 Å². The summed E-state index contributed by atoms with van der Waals surface area (Å²) in [7, 11) is -3.76. The van der Waals surface area contributed by atoms with Crippen molar-refractivity contribution in [1.29, 1.82) is 0 Å². The van der Waals surface area contributed by atoms with Gasteiger partial charge in [-0.05, 0) is 47.1 Å². The Hall–Kier alpha value is -1.80. The Morgan fingerprint density at radius 1 is 1.29 bits per heavy atom. The van der Waals surface area contributed by atoms with Gasteiger partial charge >= 0.3 is 0 Å². The van der Waals surface area contributed by atoms with Gasteiger partial charge in [0.2, 0.25) is 0 Å². The van der Waals surface area contributed by atoms with Gasteiger partial charge < -0.3 is 10.3 Å². The summed E-state index contributed by atoms with van der Waals surface area (Å²) in [6.45, 7) is 2.26. The lowest BCUT2D eigenvalue weighted by Gasteiger charge is -2.10. The van der Waals surface area contributed by atoms with Gasteiger partial charge in [-0.1, -0.05) is 0 Å². The van der Waals surface area contributed by atoms with E-state index in [4.69, 9.17) is 5.73 Å². The van der Waals surface area contributed by atoms with Crippen LogP contribution in [0, 0.1) is 0 Å². The molecule has 21 heavy (non-hydrogen) atoms. The van der Waals surface area contributed by atoms with E-state index in [1.165, 1.54) is 35.0 Å². The first kappa shape index (κ1) is 15.6. The van der Waals surface area contributed by atoms with E-state index in [1.54, 1.807) is 13.0 Å². The minimum Gasteiger partial charge on any atom is -0.398 e. The van der Waals surface area contributed by atoms with E-state index < -0.39 is 10.0 Å². The number of anilines is 2. The van der Waals surface area contributed by atoms with Crippen LogP contribution in [0.5, 0.6) is 0 Å². The zero-order valence-corrected chi connectivity index (χ0v) is 13.6. The lowest BCUT2D eigenvalue weighted by Crippen LogP contribution is -2.20. The van der Waals surface area contributed by atoms with Crippen molar-refractivity contribution in [2.45, 2.75) is 18.4 Å². The summed E-state index contributed by atoms with van der Waals surface area (Å²) in [6.07, 6.45) is 1.46. The highest BCUT2D eigenvalue weighted by atomic mass is 79.9. The summed E-state index contributed by atoms with van der Waals surface area (Å²) in [6, 6.07) is 7.11. The van der Waals surface area contributed by atoms with Crippen LogP contribution in [0.4, 0.5) is 11.4 Å². The molecule has 0 aliphatic heterocycles. The largest absolute Gasteiger partial charge is 0.398 e. The zero-order chi connectivity index (χ0) is 15.6. The van der Waals surface area contributed by atoms with E-state index in [1.807, 2.05) is 0 Å². The second-order valence-electron chi connectivity index (χ2n) is 4.33. The third-order valence-corrected chi connectivity index (χ3v) is 4.96. The number of aromatic nitrogens is 1. The van der Waals surface area contributed by atoms with Crippen molar-refractivity contribution in [2.75, 3.05) is 10.5 Å². The van der Waals surface area contributed by atoms with Gasteiger partial charge in [-0.3, -0.25) is 9.52 Å². The van der Waals surface area contributed by atoms with Crippen molar-refractivity contribution in [1.82, 2.24) is 4.57 Å². The second-order valence-corrected chi connectivity index (χ2v) is 6.87. The molecule has 1 aromatic heterocycles. The predicted molar refractivity (Wildman–Crippen MR) is 85.7 cm³/mol. The minimum atomic E-state index is -3.76. The van der Waals surface area contributed by atoms with Crippen molar-refractivity contribution >= 4 is 37.3 Å². The van der Waals surface area contributed by atoms with Gasteiger partial charge in [0.1, 0.15) is 0 Å². The fourth-order valence-electron chi connectivity index (χ4n) is 1.74. The molecule has 2 rings (SSSR count). The molecule has 3 N–H and O–H groups in total. The maximum atomic E-state index is 12.3. The van der Waals surface area contributed by atoms with Crippen LogP contribution in [0.2, 0.25) is 0 Å². The Kier molecular flexibility index (Phi) is 4.38. The van der Waals surface area contributed by atoms with Crippen LogP contribution in [0.25, 0.3) is 0 Å². The molecule has 8 heteroatoms. The molecule has 0 atom stereocenters. The monoisotopic (exact) mass is 371 g/mol. The van der Waals surface area contributed by atoms with Crippen molar-refractivity contribution in [3.63, 3.8) is 0 Å². The van der Waals surface area contributed by atoms with Crippen molar-refractivity contribution in [3.8, 4) is 0 Å². The summed E-state index contributed by atoms with van der Waals surface area (Å²) in [4.78, 5) is 11.5. The van der Waals surface area contributed by atoms with Crippen molar-refractivity contribution in [3.05, 3.63) is 51.4 Å². The van der Waals surface area contributed by atoms with Crippen LogP contribution in [-0.2, 0) is 16.6 Å². The number of nitrogens with zero attached hydrogens (tertiary/aromatic N) is 1. The maximum Gasteiger partial charge on any atom is 0.262 e. The first-order valence-electron chi connectivity index (χ1n) is 6.12. The molecule has 0 amide bonds. The highest BCUT2D eigenvalue weighted by Gasteiger charge is 2.15. The number of pyridine rings is 1. The van der Waals surface area contributed by atoms with Crippen molar-refractivity contribution < 1.29 is 8.42 Å². The molecule has 1 heterocycles. The Morgan fingerprint density at radius 2 is 2.00 bits per heavy atom. The van der Waals surface area contributed by atoms with Crippen LogP contribution in [0.15, 0.2) is 50.7 Å². The normalized spacial score (nSPS) is 11.3. The summed E-state index contributed by atoms with van der Waals surface area (Å²) >= 11 is 3.21. The molecule has 0 fully saturated rings. The van der Waals surface area contributed by atoms with E-state index in [9.17, 15) is 13.2 Å². The number of nitrogens with one attached hydrogen (secondary N) is 1. The van der Waals surface area contributed by atoms with E-state index in [-0.39, 0.29) is 10.5 Å². The highest BCUT2D eigenvalue weighted by Crippen LogP contribution is 2.24. The Morgan fingerprint density at radius 3 is 2.62 bits per heavy atom. The minimum absolute atomic E-state index is 0.0532. The fraction of sp³-hybridized carbons (Fsp3) is 0.154. The first-order chi connectivity index (χ1) is 9.83. The van der Waals surface area contributed by atoms with Crippen molar-refractivity contribution in [2.24, 2.45) is 0 Å². The Balaban J connectivity index is 2.37. The summed E-state index contributed by atoms with van der Waals surface area (Å²) < 4.78 is 29.0. The lowest BCUT2D eigenvalue weighted by atomic mass is 10.3. The summed E-state index contributed by atoms with van der Waals surface area (Å²) in [5.74, 6) is 0. The lowest BCUT2D eigenvalue weighted by molar-refractivity contribution is 0.601. The van der Waals surface area contributed by atoms with Gasteiger partial charge in [-0.25, -0.2) is 8.42 Å². The van der Waals surface area contributed by atoms with Crippen LogP contribution in [0.3, 0.4) is 0 Å². The molecule has 0 saturated carbocycles. The highest BCUT2D eigenvalue weighted by molar-refractivity contribution is 9.10. The fourth-order valence-corrected chi connectivity index (χ4v) is 3.07. The molecule has 0 bridgehead atoms. The molecule has 112 valence electrons. The molecule has 0 radical (unpaired) electrons. The molecule has 0 spiro atoms. The van der Waals surface area contributed by atoms with Crippen LogP contribution < -0.4 is 16.0 Å². The van der Waals surface area contributed by atoms with Gasteiger partial charge in [0.05, 0.1) is 10.6 Å². The standard InChI is InChI=1S/C13H14BrN3O3S/c1-2-17-8-9(3-6-13(17)18)16-21(19,20)10-4-5-11(14)12(15)7-10/h3-8,16H,2,15H2,1H3. The number of benzene rings is 1. The molecule has 0 aliphatic carbocycles. The number of rotatable bonds is 4. The third kappa shape index (κ3) is 3.45. The Bertz CT molecular complexity index is 831. The van der Waals surface area contributed by atoms with Gasteiger partial charge in [-0.15, -0.1) is 0 Å². The van der Waals surface area contributed by atoms with E-state index in [0.29, 0.717) is 22.4 Å². The average Bonchev–Trinajstić information content (AvgIpc) is 2.43. The molecule has 2 aromatic rings. The van der Waals surface area contributed by atoms with Crippen LogP contribution >= 0.6 is 15.9 Å². The van der Waals surface area contributed by atoms with Gasteiger partial charge in [0, 0.05) is 29.0 Å². The van der Waals surface area contributed by atoms with Gasteiger partial charge in [-0.2, -0.15) is 0 Å². The average molecular weight is 372 g/mol. The molecule has 6 nitrogen and oxygen atoms in total. The summed E-state index contributed by atoms with van der Waals surface area (Å²) in [5, 5.41) is 0. The SMILES string of the molecule is CCn1cc(NS(=O)(=O)c2ccc(Br)c(N)c2)ccc1=O. The number of aryl methyl sites for hydroxylation is 1. The number of hydrogen-bond acceptors (Lipinski definition) is 4. The van der Waals surface area contributed by atoms with Crippen LogP contribution in [0.1, 0.15) is 6.92 Å². The maximum absolute atomic E-state index is 12.3. The molecule has 0 unspecified atom stereocenters. The molecular formula is C13H14BrN3O3S. The topological polar surface area (TPSA) is 94.2 Å². The van der Waals surface area contributed by atoms with E-state index in [0.717, 1.165) is 0 Å². The zero-order valence-electron chi connectivity index (χ0n) is 11.2. The molecular weight excluding hydrogens is 358 g/mol. The van der Waals surface area contributed by atoms with Gasteiger partial charge in [0.25, 0.3) is 15.6 Å². The van der Waals surface area contributed by atoms with E-state index in [2.05, 4.69) is 20.7 Å². The Labute approximate surface area is 130 Å². The van der Waals surface area contributed by atoms with E-state index >= 15 is 0 Å². The number of nitrogen functional groups attached to an aromatic ring is 1. The third-order valence-electron chi connectivity index (χ3n) is 2.85. The number of hydrogen-bond donors (Lipinski definition) is 2. The number of halogens is 1. The first-order valence-corrected chi connectivity index (χ1v) is 8.39. The molecule has 0 aliphatic rings. The van der Waals surface area contributed by atoms with Crippen LogP contribution in [-0.4, -0.2) is 13.0 Å². The molecule has 0 saturated heterocycles. The molecule has 1 aromatic carbocycles. The summed E-state index contributed by atoms with van der Waals surface area (Å²) in [5.41, 5.74) is 6.15. The quantitative estimate of drug-likeness (QED) is 0.803. The smallest absolute Gasteiger partial charge is 0.262 e. The number of sulfonamides is 1.